The number of nitrogen functional groups attached to an aromatic ring is 1. The highest BCUT2D eigenvalue weighted by Gasteiger charge is 2.17. The first-order valence-electron chi connectivity index (χ1n) is 5.41. The normalized spacial score (nSPS) is 10.2. The van der Waals surface area contributed by atoms with Crippen molar-refractivity contribution in [2.75, 3.05) is 5.73 Å². The van der Waals surface area contributed by atoms with Crippen molar-refractivity contribution in [2.24, 2.45) is 0 Å². The van der Waals surface area contributed by atoms with Crippen LogP contribution in [-0.2, 0) is 0 Å². The maximum absolute atomic E-state index is 10.9. The van der Waals surface area contributed by atoms with E-state index in [1.54, 1.807) is 19.9 Å². The van der Waals surface area contributed by atoms with Gasteiger partial charge in [-0.3, -0.25) is 4.98 Å². The van der Waals surface area contributed by atoms with Crippen molar-refractivity contribution in [1.82, 2.24) is 14.8 Å². The third-order valence-corrected chi connectivity index (χ3v) is 2.61. The minimum absolute atomic E-state index is 0.0449. The molecule has 2 aromatic rings. The number of carboxylic acids is 1. The molecule has 2 aromatic heterocycles. The molecule has 7 heteroatoms. The van der Waals surface area contributed by atoms with E-state index in [1.165, 1.54) is 10.9 Å². The predicted molar refractivity (Wildman–Crippen MR) is 66.9 cm³/mol. The quantitative estimate of drug-likeness (QED) is 0.829. The molecule has 2 rings (SSSR count). The lowest BCUT2D eigenvalue weighted by atomic mass is 10.1. The Balaban J connectivity index is 2.69. The molecule has 0 saturated heterocycles. The number of aryl methyl sites for hydroxylation is 2. The fourth-order valence-electron chi connectivity index (χ4n) is 1.80. The third kappa shape index (κ3) is 2.11. The van der Waals surface area contributed by atoms with Gasteiger partial charge in [-0.25, -0.2) is 9.48 Å². The molecule has 3 N–H and O–H groups in total. The van der Waals surface area contributed by atoms with E-state index in [-0.39, 0.29) is 11.4 Å². The van der Waals surface area contributed by atoms with Crippen LogP contribution in [0.3, 0.4) is 0 Å². The number of hydrogen-bond donors (Lipinski definition) is 2. The van der Waals surface area contributed by atoms with Crippen LogP contribution in [0.4, 0.5) is 5.69 Å². The SMILES string of the molecule is Cc1cc(-n2cc(N)c(C(=O)O)n2)c(C#N)c(C)n1. The average Bonchev–Trinajstić information content (AvgIpc) is 2.70. The highest BCUT2D eigenvalue weighted by atomic mass is 16.4. The summed E-state index contributed by atoms with van der Waals surface area (Å²) in [7, 11) is 0. The van der Waals surface area contributed by atoms with Crippen LogP contribution in [-0.4, -0.2) is 25.8 Å². The molecule has 0 atom stereocenters. The molecule has 2 heterocycles. The Labute approximate surface area is 108 Å². The molecule has 0 saturated carbocycles. The van der Waals surface area contributed by atoms with Crippen molar-refractivity contribution in [3.63, 3.8) is 0 Å². The predicted octanol–water partition coefficient (Wildman–Crippen LogP) is 1.04. The monoisotopic (exact) mass is 257 g/mol. The number of hydrogen-bond acceptors (Lipinski definition) is 5. The molecule has 0 amide bonds. The van der Waals surface area contributed by atoms with E-state index in [9.17, 15) is 4.79 Å². The van der Waals surface area contributed by atoms with Gasteiger partial charge in [-0.15, -0.1) is 0 Å². The molecule has 0 bridgehead atoms. The summed E-state index contributed by atoms with van der Waals surface area (Å²) in [5, 5.41) is 22.0. The minimum atomic E-state index is -1.21. The molecule has 0 aliphatic heterocycles. The summed E-state index contributed by atoms with van der Waals surface area (Å²) < 4.78 is 1.29. The Morgan fingerprint density at radius 2 is 2.21 bits per heavy atom. The van der Waals surface area contributed by atoms with Crippen molar-refractivity contribution < 1.29 is 9.90 Å². The number of anilines is 1. The Morgan fingerprint density at radius 1 is 1.53 bits per heavy atom. The molecule has 7 nitrogen and oxygen atoms in total. The van der Waals surface area contributed by atoms with E-state index in [2.05, 4.69) is 10.1 Å². The Morgan fingerprint density at radius 3 is 2.74 bits per heavy atom. The Kier molecular flexibility index (Phi) is 2.92. The van der Waals surface area contributed by atoms with E-state index in [0.29, 0.717) is 22.6 Å². The van der Waals surface area contributed by atoms with Crippen molar-refractivity contribution in [3.8, 4) is 11.8 Å². The maximum atomic E-state index is 10.9. The van der Waals surface area contributed by atoms with Gasteiger partial charge >= 0.3 is 5.97 Å². The van der Waals surface area contributed by atoms with Crippen molar-refractivity contribution in [2.45, 2.75) is 13.8 Å². The van der Waals surface area contributed by atoms with Gasteiger partial charge in [0.25, 0.3) is 0 Å². The molecule has 0 fully saturated rings. The summed E-state index contributed by atoms with van der Waals surface area (Å²) >= 11 is 0. The molecular weight excluding hydrogens is 246 g/mol. The van der Waals surface area contributed by atoms with Crippen LogP contribution in [0.15, 0.2) is 12.3 Å². The highest BCUT2D eigenvalue weighted by Crippen LogP contribution is 2.20. The zero-order valence-electron chi connectivity index (χ0n) is 10.4. The second-order valence-electron chi connectivity index (χ2n) is 4.04. The molecular formula is C12H11N5O2. The molecule has 0 aliphatic carbocycles. The van der Waals surface area contributed by atoms with E-state index in [1.807, 2.05) is 6.07 Å². The maximum Gasteiger partial charge on any atom is 0.358 e. The molecule has 0 unspecified atom stereocenters. The van der Waals surface area contributed by atoms with Gasteiger partial charge in [-0.2, -0.15) is 10.4 Å². The first-order chi connectivity index (χ1) is 8.93. The summed E-state index contributed by atoms with van der Waals surface area (Å²) in [4.78, 5) is 15.1. The Bertz CT molecular complexity index is 712. The molecule has 0 spiro atoms. The van der Waals surface area contributed by atoms with Gasteiger partial charge < -0.3 is 10.8 Å². The van der Waals surface area contributed by atoms with Crippen LogP contribution >= 0.6 is 0 Å². The standard InChI is InChI=1S/C12H11N5O2/c1-6-3-10(8(4-13)7(2)15-6)17-5-9(14)11(16-17)12(18)19/h3,5H,14H2,1-2H3,(H,18,19). The lowest BCUT2D eigenvalue weighted by Gasteiger charge is -2.07. The van der Waals surface area contributed by atoms with Crippen LogP contribution in [0.2, 0.25) is 0 Å². The molecule has 0 radical (unpaired) electrons. The van der Waals surface area contributed by atoms with Crippen LogP contribution in [0.25, 0.3) is 5.69 Å². The van der Waals surface area contributed by atoms with E-state index in [4.69, 9.17) is 16.1 Å². The van der Waals surface area contributed by atoms with E-state index < -0.39 is 5.97 Å². The highest BCUT2D eigenvalue weighted by molar-refractivity contribution is 5.91. The first-order valence-corrected chi connectivity index (χ1v) is 5.41. The summed E-state index contributed by atoms with van der Waals surface area (Å²) in [5.74, 6) is -1.21. The van der Waals surface area contributed by atoms with E-state index in [0.717, 1.165) is 0 Å². The number of nitriles is 1. The second kappa shape index (κ2) is 4.42. The van der Waals surface area contributed by atoms with Gasteiger partial charge in [0.15, 0.2) is 5.69 Å². The average molecular weight is 257 g/mol. The molecule has 0 aromatic carbocycles. The lowest BCUT2D eigenvalue weighted by molar-refractivity contribution is 0.0691. The second-order valence-corrected chi connectivity index (χ2v) is 4.04. The molecule has 96 valence electrons. The summed E-state index contributed by atoms with van der Waals surface area (Å²) in [6.45, 7) is 3.49. The van der Waals surface area contributed by atoms with Crippen LogP contribution in [0, 0.1) is 25.2 Å². The number of aromatic nitrogens is 3. The zero-order chi connectivity index (χ0) is 14.2. The lowest BCUT2D eigenvalue weighted by Crippen LogP contribution is -2.05. The van der Waals surface area contributed by atoms with Crippen LogP contribution in [0.5, 0.6) is 0 Å². The number of carboxylic acid groups (broad SMARTS) is 1. The van der Waals surface area contributed by atoms with Gasteiger partial charge in [-0.1, -0.05) is 0 Å². The number of carbonyl (C=O) groups is 1. The number of aromatic carboxylic acids is 1. The summed E-state index contributed by atoms with van der Waals surface area (Å²) in [6, 6.07) is 3.69. The van der Waals surface area contributed by atoms with Gasteiger partial charge in [-0.05, 0) is 19.9 Å². The van der Waals surface area contributed by atoms with Crippen molar-refractivity contribution in [1.29, 1.82) is 5.26 Å². The smallest absolute Gasteiger partial charge is 0.358 e. The van der Waals surface area contributed by atoms with Crippen LogP contribution < -0.4 is 5.73 Å². The largest absolute Gasteiger partial charge is 0.476 e. The first kappa shape index (κ1) is 12.6. The topological polar surface area (TPSA) is 118 Å². The van der Waals surface area contributed by atoms with E-state index >= 15 is 0 Å². The van der Waals surface area contributed by atoms with Crippen molar-refractivity contribution >= 4 is 11.7 Å². The zero-order valence-corrected chi connectivity index (χ0v) is 10.4. The fraction of sp³-hybridized carbons (Fsp3) is 0.167. The number of pyridine rings is 1. The van der Waals surface area contributed by atoms with Gasteiger partial charge in [0.05, 0.1) is 28.8 Å². The molecule has 19 heavy (non-hydrogen) atoms. The van der Waals surface area contributed by atoms with Gasteiger partial charge in [0, 0.05) is 5.69 Å². The fourth-order valence-corrected chi connectivity index (χ4v) is 1.80. The Hall–Kier alpha value is -2.88. The third-order valence-electron chi connectivity index (χ3n) is 2.61. The summed E-state index contributed by atoms with van der Waals surface area (Å²) in [5.41, 5.74) is 7.46. The van der Waals surface area contributed by atoms with Crippen LogP contribution in [0.1, 0.15) is 27.4 Å². The number of nitrogens with two attached hydrogens (primary N) is 1. The number of rotatable bonds is 2. The number of nitrogens with zero attached hydrogens (tertiary/aromatic N) is 4. The van der Waals surface area contributed by atoms with Gasteiger partial charge in [0.2, 0.25) is 0 Å². The molecule has 0 aliphatic rings. The van der Waals surface area contributed by atoms with Crippen molar-refractivity contribution in [3.05, 3.63) is 34.9 Å². The summed E-state index contributed by atoms with van der Waals surface area (Å²) in [6.07, 6.45) is 1.37. The minimum Gasteiger partial charge on any atom is -0.476 e. The van der Waals surface area contributed by atoms with Gasteiger partial charge in [0.1, 0.15) is 6.07 Å².